The van der Waals surface area contributed by atoms with Gasteiger partial charge in [0.1, 0.15) is 0 Å². The fourth-order valence-electron chi connectivity index (χ4n) is 4.47. The van der Waals surface area contributed by atoms with E-state index in [1.165, 1.54) is 0 Å². The van der Waals surface area contributed by atoms with Crippen LogP contribution in [-0.4, -0.2) is 66.3 Å². The Morgan fingerprint density at radius 1 is 1.11 bits per heavy atom. The third kappa shape index (κ3) is 4.04. The Hall–Kier alpha value is -2.41. The summed E-state index contributed by atoms with van der Waals surface area (Å²) >= 11 is 0. The summed E-state index contributed by atoms with van der Waals surface area (Å²) in [7, 11) is 0. The molecule has 1 atom stereocenters. The summed E-state index contributed by atoms with van der Waals surface area (Å²) in [6, 6.07) is 5.60. The average molecular weight is 384 g/mol. The predicted octanol–water partition coefficient (Wildman–Crippen LogP) is 2.02. The summed E-state index contributed by atoms with van der Waals surface area (Å²) in [5, 5.41) is 6.05. The molecule has 1 unspecified atom stereocenters. The molecule has 2 aliphatic heterocycles. The van der Waals surface area contributed by atoms with Crippen LogP contribution in [0.4, 0.5) is 10.5 Å². The number of anilines is 1. The number of carbonyl (C=O) groups is 3. The number of carbonyl (C=O) groups excluding carboxylic acids is 3. The van der Waals surface area contributed by atoms with Gasteiger partial charge in [-0.05, 0) is 49.8 Å². The molecule has 2 heterocycles. The van der Waals surface area contributed by atoms with Crippen LogP contribution < -0.4 is 10.6 Å². The first kappa shape index (κ1) is 18.9. The summed E-state index contributed by atoms with van der Waals surface area (Å²) in [6.45, 7) is 3.13. The summed E-state index contributed by atoms with van der Waals surface area (Å²) in [5.41, 5.74) is 2.49. The Morgan fingerprint density at radius 2 is 1.96 bits per heavy atom. The Balaban J connectivity index is 1.42. The Labute approximate surface area is 165 Å². The molecule has 0 radical (unpaired) electrons. The molecule has 2 fully saturated rings. The lowest BCUT2D eigenvalue weighted by Gasteiger charge is -2.41. The van der Waals surface area contributed by atoms with Gasteiger partial charge in [-0.15, -0.1) is 0 Å². The minimum atomic E-state index is -0.159. The van der Waals surface area contributed by atoms with Crippen molar-refractivity contribution < 1.29 is 14.4 Å². The quantitative estimate of drug-likeness (QED) is 0.765. The topological polar surface area (TPSA) is 81.8 Å². The van der Waals surface area contributed by atoms with E-state index in [0.717, 1.165) is 49.8 Å². The average Bonchev–Trinajstić information content (AvgIpc) is 2.90. The van der Waals surface area contributed by atoms with Crippen LogP contribution in [0.5, 0.6) is 0 Å². The minimum Gasteiger partial charge on any atom is -0.336 e. The smallest absolute Gasteiger partial charge is 0.321 e. The lowest BCUT2D eigenvalue weighted by atomic mass is 10.0. The highest BCUT2D eigenvalue weighted by Crippen LogP contribution is 2.24. The zero-order valence-electron chi connectivity index (χ0n) is 16.2. The van der Waals surface area contributed by atoms with E-state index in [9.17, 15) is 14.4 Å². The van der Waals surface area contributed by atoms with Gasteiger partial charge in [0.2, 0.25) is 5.91 Å². The van der Waals surface area contributed by atoms with Crippen molar-refractivity contribution in [2.45, 2.75) is 44.6 Å². The van der Waals surface area contributed by atoms with Gasteiger partial charge in [-0.1, -0.05) is 6.07 Å². The van der Waals surface area contributed by atoms with E-state index in [1.807, 2.05) is 23.1 Å². The maximum Gasteiger partial charge on any atom is 0.321 e. The third-order valence-electron chi connectivity index (χ3n) is 6.01. The van der Waals surface area contributed by atoms with Gasteiger partial charge in [0.05, 0.1) is 6.54 Å². The number of amides is 3. The van der Waals surface area contributed by atoms with Crippen LogP contribution in [0.2, 0.25) is 0 Å². The molecule has 1 aromatic rings. The molecule has 4 rings (SSSR count). The van der Waals surface area contributed by atoms with E-state index < -0.39 is 0 Å². The Bertz CT molecular complexity index is 779. The molecule has 7 nitrogen and oxygen atoms in total. The van der Waals surface area contributed by atoms with Crippen molar-refractivity contribution in [3.63, 3.8) is 0 Å². The summed E-state index contributed by atoms with van der Waals surface area (Å²) in [6.07, 6.45) is 5.28. The SMILES string of the molecule is O=C1CCCCc2ccc(NC(=O)N3CCCC(N4CCNCC4=O)C3)cc21. The number of aryl methyl sites for hydroxylation is 1. The van der Waals surface area contributed by atoms with Gasteiger partial charge in [-0.25, -0.2) is 4.79 Å². The number of benzene rings is 1. The van der Waals surface area contributed by atoms with Crippen molar-refractivity contribution in [1.29, 1.82) is 0 Å². The summed E-state index contributed by atoms with van der Waals surface area (Å²) in [5.74, 6) is 0.279. The van der Waals surface area contributed by atoms with Crippen molar-refractivity contribution in [3.8, 4) is 0 Å². The molecule has 150 valence electrons. The number of ketones is 1. The van der Waals surface area contributed by atoms with Crippen LogP contribution in [0.3, 0.4) is 0 Å². The monoisotopic (exact) mass is 384 g/mol. The maximum absolute atomic E-state index is 12.8. The van der Waals surface area contributed by atoms with Gasteiger partial charge in [0.15, 0.2) is 5.78 Å². The van der Waals surface area contributed by atoms with Gasteiger partial charge in [0, 0.05) is 49.9 Å². The van der Waals surface area contributed by atoms with E-state index >= 15 is 0 Å². The van der Waals surface area contributed by atoms with Crippen LogP contribution in [0, 0.1) is 0 Å². The molecule has 0 bridgehead atoms. The first-order valence-electron chi connectivity index (χ1n) is 10.3. The second kappa shape index (κ2) is 8.31. The van der Waals surface area contributed by atoms with Crippen molar-refractivity contribution >= 4 is 23.4 Å². The largest absolute Gasteiger partial charge is 0.336 e. The number of piperidine rings is 1. The highest BCUT2D eigenvalue weighted by molar-refractivity contribution is 6.00. The normalized spacial score (nSPS) is 23.2. The van der Waals surface area contributed by atoms with Gasteiger partial charge < -0.3 is 20.4 Å². The zero-order chi connectivity index (χ0) is 19.5. The van der Waals surface area contributed by atoms with Crippen molar-refractivity contribution in [2.75, 3.05) is 38.0 Å². The number of nitrogens with zero attached hydrogens (tertiary/aromatic N) is 2. The number of fused-ring (bicyclic) bond motifs is 1. The van der Waals surface area contributed by atoms with E-state index in [0.29, 0.717) is 38.3 Å². The number of urea groups is 1. The second-order valence-electron chi connectivity index (χ2n) is 7.94. The third-order valence-corrected chi connectivity index (χ3v) is 6.01. The van der Waals surface area contributed by atoms with E-state index in [2.05, 4.69) is 10.6 Å². The van der Waals surface area contributed by atoms with Crippen molar-refractivity contribution in [3.05, 3.63) is 29.3 Å². The Morgan fingerprint density at radius 3 is 2.82 bits per heavy atom. The number of hydrogen-bond donors (Lipinski definition) is 2. The van der Waals surface area contributed by atoms with Gasteiger partial charge in [0.25, 0.3) is 0 Å². The number of Topliss-reactive ketones (excluding diaryl/α,β-unsaturated/α-hetero) is 1. The number of rotatable bonds is 2. The second-order valence-corrected chi connectivity index (χ2v) is 7.94. The highest BCUT2D eigenvalue weighted by atomic mass is 16.2. The number of hydrogen-bond acceptors (Lipinski definition) is 4. The molecule has 0 saturated carbocycles. The standard InChI is InChI=1S/C21H28N4O3/c26-19-6-2-1-4-15-7-8-16(12-18(15)19)23-21(28)24-10-3-5-17(14-24)25-11-9-22-13-20(25)27/h7-8,12,17,22H,1-6,9-11,13-14H2,(H,23,28). The molecule has 7 heteroatoms. The van der Waals surface area contributed by atoms with Crippen LogP contribution in [0.1, 0.15) is 48.0 Å². The molecule has 2 saturated heterocycles. The van der Waals surface area contributed by atoms with Gasteiger partial charge in [-0.3, -0.25) is 9.59 Å². The molecular formula is C21H28N4O3. The predicted molar refractivity (Wildman–Crippen MR) is 107 cm³/mol. The fourth-order valence-corrected chi connectivity index (χ4v) is 4.47. The van der Waals surface area contributed by atoms with E-state index in [1.54, 1.807) is 4.90 Å². The molecule has 0 aromatic heterocycles. The maximum atomic E-state index is 12.8. The van der Waals surface area contributed by atoms with Crippen LogP contribution in [0.15, 0.2) is 18.2 Å². The molecular weight excluding hydrogens is 356 g/mol. The molecule has 0 spiro atoms. The number of likely N-dealkylation sites (tertiary alicyclic amines) is 1. The van der Waals surface area contributed by atoms with E-state index in [-0.39, 0.29) is 23.8 Å². The minimum absolute atomic E-state index is 0.0859. The molecule has 3 amide bonds. The molecule has 2 N–H and O–H groups in total. The highest BCUT2D eigenvalue weighted by Gasteiger charge is 2.31. The van der Waals surface area contributed by atoms with Gasteiger partial charge >= 0.3 is 6.03 Å². The van der Waals surface area contributed by atoms with Crippen molar-refractivity contribution in [2.24, 2.45) is 0 Å². The lowest BCUT2D eigenvalue weighted by Crippen LogP contribution is -2.57. The van der Waals surface area contributed by atoms with E-state index in [4.69, 9.17) is 0 Å². The van der Waals surface area contributed by atoms with Crippen molar-refractivity contribution in [1.82, 2.24) is 15.1 Å². The van der Waals surface area contributed by atoms with Gasteiger partial charge in [-0.2, -0.15) is 0 Å². The van der Waals surface area contributed by atoms with Crippen LogP contribution >= 0.6 is 0 Å². The lowest BCUT2D eigenvalue weighted by molar-refractivity contribution is -0.135. The first-order chi connectivity index (χ1) is 13.6. The molecule has 1 aromatic carbocycles. The molecule has 1 aliphatic carbocycles. The molecule has 28 heavy (non-hydrogen) atoms. The van der Waals surface area contributed by atoms with Crippen LogP contribution in [-0.2, 0) is 11.2 Å². The number of nitrogens with one attached hydrogen (secondary N) is 2. The first-order valence-corrected chi connectivity index (χ1v) is 10.3. The fraction of sp³-hybridized carbons (Fsp3) is 0.571. The number of piperazine rings is 1. The Kier molecular flexibility index (Phi) is 5.62. The summed E-state index contributed by atoms with van der Waals surface area (Å²) in [4.78, 5) is 41.0. The molecule has 3 aliphatic rings. The van der Waals surface area contributed by atoms with Crippen LogP contribution in [0.25, 0.3) is 0 Å². The summed E-state index contributed by atoms with van der Waals surface area (Å²) < 4.78 is 0. The zero-order valence-corrected chi connectivity index (χ0v) is 16.2.